The first-order valence-corrected chi connectivity index (χ1v) is 5.56. The Kier molecular flexibility index (Phi) is 8.65. The highest BCUT2D eigenvalue weighted by molar-refractivity contribution is 6.27. The van der Waals surface area contributed by atoms with Crippen LogP contribution in [0.5, 0.6) is 0 Å². The number of halogens is 1. The van der Waals surface area contributed by atoms with Gasteiger partial charge in [-0.1, -0.05) is 23.8 Å². The average molecular weight is 215 g/mol. The third-order valence-electron chi connectivity index (χ3n) is 1.79. The Morgan fingerprint density at radius 2 is 1.79 bits per heavy atom. The lowest BCUT2D eigenvalue weighted by Crippen LogP contribution is -1.96. The molecule has 0 atom stereocenters. The number of alkyl halides is 1. The fourth-order valence-electron chi connectivity index (χ4n) is 1.02. The molecule has 0 spiro atoms. The van der Waals surface area contributed by atoms with E-state index in [9.17, 15) is 4.79 Å². The van der Waals surface area contributed by atoms with Crippen molar-refractivity contribution in [2.75, 3.05) is 5.88 Å². The summed E-state index contributed by atoms with van der Waals surface area (Å²) >= 11 is 5.37. The van der Waals surface area contributed by atoms with Crippen molar-refractivity contribution in [2.45, 2.75) is 39.5 Å². The summed E-state index contributed by atoms with van der Waals surface area (Å²) in [6, 6.07) is 0. The van der Waals surface area contributed by atoms with Crippen molar-refractivity contribution >= 4 is 17.4 Å². The van der Waals surface area contributed by atoms with Gasteiger partial charge in [0.1, 0.15) is 5.78 Å². The highest BCUT2D eigenvalue weighted by Crippen LogP contribution is 2.00. The Bertz CT molecular complexity index is 212. The number of ketones is 1. The number of unbranched alkanes of at least 4 members (excludes halogenated alkanes) is 1. The molecule has 0 rings (SSSR count). The first kappa shape index (κ1) is 13.4. The zero-order valence-electron chi connectivity index (χ0n) is 9.05. The Morgan fingerprint density at radius 1 is 1.14 bits per heavy atom. The first-order valence-electron chi connectivity index (χ1n) is 5.03. The van der Waals surface area contributed by atoms with E-state index in [1.54, 1.807) is 0 Å². The van der Waals surface area contributed by atoms with Gasteiger partial charge in [0.05, 0.1) is 5.88 Å². The highest BCUT2D eigenvalue weighted by atomic mass is 35.5. The van der Waals surface area contributed by atoms with Gasteiger partial charge < -0.3 is 0 Å². The summed E-state index contributed by atoms with van der Waals surface area (Å²) < 4.78 is 0. The zero-order chi connectivity index (χ0) is 10.8. The molecule has 0 heterocycles. The molecule has 0 amide bonds. The van der Waals surface area contributed by atoms with Crippen molar-refractivity contribution in [3.8, 4) is 0 Å². The highest BCUT2D eigenvalue weighted by Gasteiger charge is 1.95. The largest absolute Gasteiger partial charge is 0.298 e. The minimum Gasteiger partial charge on any atom is -0.298 e. The van der Waals surface area contributed by atoms with Crippen LogP contribution in [0.1, 0.15) is 39.5 Å². The molecule has 0 saturated carbocycles. The molecule has 0 bridgehead atoms. The smallest absolute Gasteiger partial charge is 0.147 e. The van der Waals surface area contributed by atoms with Gasteiger partial charge in [-0.05, 0) is 33.1 Å². The normalized spacial score (nSPS) is 10.5. The summed E-state index contributed by atoms with van der Waals surface area (Å²) in [6.07, 6.45) is 9.93. The van der Waals surface area contributed by atoms with E-state index in [0.717, 1.165) is 19.3 Å². The van der Waals surface area contributed by atoms with Crippen LogP contribution in [-0.2, 0) is 4.79 Å². The summed E-state index contributed by atoms with van der Waals surface area (Å²) in [7, 11) is 0. The zero-order valence-corrected chi connectivity index (χ0v) is 9.81. The average Bonchev–Trinajstić information content (AvgIpc) is 2.15. The van der Waals surface area contributed by atoms with Crippen LogP contribution >= 0.6 is 11.6 Å². The van der Waals surface area contributed by atoms with Gasteiger partial charge in [-0.2, -0.15) is 0 Å². The van der Waals surface area contributed by atoms with Crippen LogP contribution in [0, 0.1) is 0 Å². The number of rotatable bonds is 7. The molecule has 0 N–H and O–H groups in total. The predicted molar refractivity (Wildman–Crippen MR) is 62.8 cm³/mol. The van der Waals surface area contributed by atoms with Crippen LogP contribution in [0.15, 0.2) is 23.8 Å². The maximum absolute atomic E-state index is 10.8. The second-order valence-electron chi connectivity index (χ2n) is 3.54. The predicted octanol–water partition coefficient (Wildman–Crippen LogP) is 3.88. The molecule has 0 aromatic rings. The summed E-state index contributed by atoms with van der Waals surface area (Å²) in [6.45, 7) is 4.20. The standard InChI is InChI=1S/C12H19ClO/c1-11(2)8-6-4-3-5-7-9-12(14)10-13/h3,5,8H,4,6-7,9-10H2,1-2H3/b5-3-. The molecule has 2 heteroatoms. The van der Waals surface area contributed by atoms with E-state index in [4.69, 9.17) is 11.6 Å². The van der Waals surface area contributed by atoms with E-state index in [1.807, 2.05) is 0 Å². The van der Waals surface area contributed by atoms with Crippen LogP contribution in [0.2, 0.25) is 0 Å². The van der Waals surface area contributed by atoms with E-state index in [2.05, 4.69) is 32.1 Å². The van der Waals surface area contributed by atoms with Crippen molar-refractivity contribution in [1.29, 1.82) is 0 Å². The lowest BCUT2D eigenvalue weighted by molar-refractivity contribution is -0.116. The SMILES string of the molecule is CC(C)=CCC/C=C\CCC(=O)CCl. The Morgan fingerprint density at radius 3 is 2.36 bits per heavy atom. The molecule has 0 unspecified atom stereocenters. The van der Waals surface area contributed by atoms with E-state index in [-0.39, 0.29) is 11.7 Å². The van der Waals surface area contributed by atoms with Crippen LogP contribution < -0.4 is 0 Å². The summed E-state index contributed by atoms with van der Waals surface area (Å²) in [4.78, 5) is 10.8. The quantitative estimate of drug-likeness (QED) is 0.357. The van der Waals surface area contributed by atoms with Gasteiger partial charge in [-0.25, -0.2) is 0 Å². The molecular weight excluding hydrogens is 196 g/mol. The van der Waals surface area contributed by atoms with Gasteiger partial charge in [0.15, 0.2) is 0 Å². The van der Waals surface area contributed by atoms with Gasteiger partial charge in [0, 0.05) is 6.42 Å². The van der Waals surface area contributed by atoms with Crippen LogP contribution in [0.3, 0.4) is 0 Å². The Hall–Kier alpha value is -0.560. The van der Waals surface area contributed by atoms with Gasteiger partial charge in [0.2, 0.25) is 0 Å². The van der Waals surface area contributed by atoms with Gasteiger partial charge in [0.25, 0.3) is 0 Å². The Balaban J connectivity index is 3.37. The van der Waals surface area contributed by atoms with Crippen molar-refractivity contribution in [3.63, 3.8) is 0 Å². The number of carbonyl (C=O) groups is 1. The van der Waals surface area contributed by atoms with Crippen molar-refractivity contribution in [1.82, 2.24) is 0 Å². The molecule has 1 nitrogen and oxygen atoms in total. The van der Waals surface area contributed by atoms with Crippen LogP contribution in [0.4, 0.5) is 0 Å². The maximum atomic E-state index is 10.8. The third kappa shape index (κ3) is 9.53. The maximum Gasteiger partial charge on any atom is 0.147 e. The minimum absolute atomic E-state index is 0.126. The molecule has 0 saturated heterocycles. The van der Waals surface area contributed by atoms with Gasteiger partial charge >= 0.3 is 0 Å². The molecule has 0 aromatic carbocycles. The molecule has 0 aliphatic carbocycles. The van der Waals surface area contributed by atoms with Crippen LogP contribution in [-0.4, -0.2) is 11.7 Å². The number of hydrogen-bond acceptors (Lipinski definition) is 1. The van der Waals surface area contributed by atoms with Crippen molar-refractivity contribution < 1.29 is 4.79 Å². The molecular formula is C12H19ClO. The van der Waals surface area contributed by atoms with Gasteiger partial charge in [-0.15, -0.1) is 11.6 Å². The van der Waals surface area contributed by atoms with E-state index in [1.165, 1.54) is 5.57 Å². The molecule has 14 heavy (non-hydrogen) atoms. The fourth-order valence-corrected chi connectivity index (χ4v) is 1.15. The van der Waals surface area contributed by atoms with Crippen LogP contribution in [0.25, 0.3) is 0 Å². The minimum atomic E-state index is 0.126. The summed E-state index contributed by atoms with van der Waals surface area (Å²) in [5.41, 5.74) is 1.36. The van der Waals surface area contributed by atoms with E-state index >= 15 is 0 Å². The lowest BCUT2D eigenvalue weighted by Gasteiger charge is -1.91. The monoisotopic (exact) mass is 214 g/mol. The molecule has 0 fully saturated rings. The molecule has 80 valence electrons. The topological polar surface area (TPSA) is 17.1 Å². The summed E-state index contributed by atoms with van der Waals surface area (Å²) in [5.74, 6) is 0.270. The van der Waals surface area contributed by atoms with Gasteiger partial charge in [-0.3, -0.25) is 4.79 Å². The molecule has 0 aromatic heterocycles. The number of Topliss-reactive ketones (excluding diaryl/α,β-unsaturated/α-hetero) is 1. The van der Waals surface area contributed by atoms with E-state index < -0.39 is 0 Å². The number of carbonyl (C=O) groups excluding carboxylic acids is 1. The fraction of sp³-hybridized carbons (Fsp3) is 0.583. The second-order valence-corrected chi connectivity index (χ2v) is 3.81. The molecule has 0 aliphatic rings. The number of hydrogen-bond donors (Lipinski definition) is 0. The third-order valence-corrected chi connectivity index (χ3v) is 2.09. The van der Waals surface area contributed by atoms with E-state index in [0.29, 0.717) is 6.42 Å². The van der Waals surface area contributed by atoms with Crippen molar-refractivity contribution in [3.05, 3.63) is 23.8 Å². The molecule has 0 radical (unpaired) electrons. The number of allylic oxidation sites excluding steroid dienone is 4. The summed E-state index contributed by atoms with van der Waals surface area (Å²) in [5, 5.41) is 0. The molecule has 0 aliphatic heterocycles. The van der Waals surface area contributed by atoms with Crippen molar-refractivity contribution in [2.24, 2.45) is 0 Å². The second kappa shape index (κ2) is 9.01. The first-order chi connectivity index (χ1) is 6.66. The Labute approximate surface area is 91.8 Å². The lowest BCUT2D eigenvalue weighted by atomic mass is 10.2.